The van der Waals surface area contributed by atoms with Crippen LogP contribution >= 0.6 is 0 Å². The van der Waals surface area contributed by atoms with E-state index in [1.807, 2.05) is 32.2 Å². The number of amides is 1. The van der Waals surface area contributed by atoms with Gasteiger partial charge in [-0.3, -0.25) is 9.69 Å². The van der Waals surface area contributed by atoms with E-state index >= 15 is 0 Å². The number of hydrogen-bond acceptors (Lipinski definition) is 3. The second kappa shape index (κ2) is 8.38. The van der Waals surface area contributed by atoms with Crippen LogP contribution in [-0.4, -0.2) is 50.6 Å². The number of rotatable bonds is 8. The second-order valence-electron chi connectivity index (χ2n) is 4.95. The van der Waals surface area contributed by atoms with E-state index < -0.39 is 0 Å². The van der Waals surface area contributed by atoms with Crippen molar-refractivity contribution in [3.05, 3.63) is 43.0 Å². The molecule has 0 fully saturated rings. The Kier molecular flexibility index (Phi) is 6.81. The summed E-state index contributed by atoms with van der Waals surface area (Å²) in [5, 5.41) is 2.82. The van der Waals surface area contributed by atoms with Gasteiger partial charge in [-0.2, -0.15) is 0 Å². The first-order chi connectivity index (χ1) is 9.56. The molecule has 1 aromatic carbocycles. The van der Waals surface area contributed by atoms with Crippen molar-refractivity contribution in [2.24, 2.45) is 0 Å². The van der Waals surface area contributed by atoms with Gasteiger partial charge in [-0.05, 0) is 26.1 Å². The minimum atomic E-state index is -0.140. The van der Waals surface area contributed by atoms with E-state index in [0.717, 1.165) is 13.1 Å². The van der Waals surface area contributed by atoms with E-state index in [-0.39, 0.29) is 11.9 Å². The smallest absolute Gasteiger partial charge is 0.237 e. The lowest BCUT2D eigenvalue weighted by molar-refractivity contribution is -0.125. The maximum atomic E-state index is 11.8. The van der Waals surface area contributed by atoms with E-state index in [1.54, 1.807) is 6.08 Å². The molecule has 0 bridgehead atoms. The number of nitrogens with zero attached hydrogens (tertiary/aromatic N) is 2. The molecule has 4 nitrogen and oxygen atoms in total. The van der Waals surface area contributed by atoms with Crippen molar-refractivity contribution < 1.29 is 4.79 Å². The summed E-state index contributed by atoms with van der Waals surface area (Å²) in [5.41, 5.74) is 1.18. The molecule has 0 aromatic heterocycles. The van der Waals surface area contributed by atoms with Crippen molar-refractivity contribution in [2.45, 2.75) is 13.0 Å². The second-order valence-corrected chi connectivity index (χ2v) is 4.95. The Balaban J connectivity index is 2.40. The number of hydrogen-bond donors (Lipinski definition) is 1. The van der Waals surface area contributed by atoms with E-state index in [1.165, 1.54) is 5.69 Å². The van der Waals surface area contributed by atoms with Crippen LogP contribution in [0.15, 0.2) is 43.0 Å². The molecule has 1 aromatic rings. The zero-order chi connectivity index (χ0) is 15.0. The average Bonchev–Trinajstić information content (AvgIpc) is 2.49. The summed E-state index contributed by atoms with van der Waals surface area (Å²) in [6.07, 6.45) is 1.69. The van der Waals surface area contributed by atoms with E-state index in [9.17, 15) is 4.79 Å². The molecule has 1 N–H and O–H groups in total. The molecule has 1 unspecified atom stereocenters. The van der Waals surface area contributed by atoms with Gasteiger partial charge >= 0.3 is 0 Å². The predicted octanol–water partition coefficient (Wildman–Crippen LogP) is 1.75. The molecule has 110 valence electrons. The van der Waals surface area contributed by atoms with Gasteiger partial charge in [0.2, 0.25) is 5.91 Å². The van der Waals surface area contributed by atoms with Gasteiger partial charge in [0, 0.05) is 32.4 Å². The summed E-state index contributed by atoms with van der Waals surface area (Å²) in [7, 11) is 4.03. The van der Waals surface area contributed by atoms with Crippen LogP contribution in [0.25, 0.3) is 0 Å². The molecule has 0 aliphatic carbocycles. The summed E-state index contributed by atoms with van der Waals surface area (Å²) in [6, 6.07) is 10.1. The van der Waals surface area contributed by atoms with Gasteiger partial charge in [0.15, 0.2) is 0 Å². The number of carbonyl (C=O) groups excluding carboxylic acids is 1. The molecular formula is C16H25N3O. The third kappa shape index (κ3) is 5.05. The number of para-hydroxylation sites is 1. The fourth-order valence-corrected chi connectivity index (χ4v) is 1.83. The number of carbonyl (C=O) groups is 1. The molecule has 1 atom stereocenters. The Morgan fingerprint density at radius 3 is 2.55 bits per heavy atom. The van der Waals surface area contributed by atoms with Gasteiger partial charge in [-0.15, -0.1) is 6.58 Å². The standard InChI is InChI=1S/C16H25N3O/c1-5-11-17-16(20)14(2)18(3)12-13-19(4)15-9-7-6-8-10-15/h5-10,14H,1,11-13H2,2-4H3,(H,17,20). The van der Waals surface area contributed by atoms with Crippen LogP contribution < -0.4 is 10.2 Å². The van der Waals surface area contributed by atoms with Gasteiger partial charge < -0.3 is 10.2 Å². The first-order valence-electron chi connectivity index (χ1n) is 6.91. The summed E-state index contributed by atoms with van der Waals surface area (Å²) >= 11 is 0. The molecule has 0 saturated heterocycles. The summed E-state index contributed by atoms with van der Waals surface area (Å²) in [4.78, 5) is 16.1. The number of likely N-dealkylation sites (N-methyl/N-ethyl adjacent to an activating group) is 2. The van der Waals surface area contributed by atoms with Crippen molar-refractivity contribution in [2.75, 3.05) is 38.6 Å². The van der Waals surface area contributed by atoms with Crippen LogP contribution in [0.3, 0.4) is 0 Å². The highest BCUT2D eigenvalue weighted by Crippen LogP contribution is 2.10. The number of anilines is 1. The fourth-order valence-electron chi connectivity index (χ4n) is 1.83. The zero-order valence-electron chi connectivity index (χ0n) is 12.7. The van der Waals surface area contributed by atoms with Gasteiger partial charge in [-0.1, -0.05) is 24.3 Å². The monoisotopic (exact) mass is 275 g/mol. The van der Waals surface area contributed by atoms with Gasteiger partial charge in [0.05, 0.1) is 6.04 Å². The number of nitrogens with one attached hydrogen (secondary N) is 1. The summed E-state index contributed by atoms with van der Waals surface area (Å²) in [6.45, 7) is 7.73. The highest BCUT2D eigenvalue weighted by molar-refractivity contribution is 5.81. The van der Waals surface area contributed by atoms with E-state index in [4.69, 9.17) is 0 Å². The van der Waals surface area contributed by atoms with Gasteiger partial charge in [0.1, 0.15) is 0 Å². The van der Waals surface area contributed by atoms with E-state index in [2.05, 4.69) is 40.9 Å². The van der Waals surface area contributed by atoms with Crippen molar-refractivity contribution in [3.8, 4) is 0 Å². The molecule has 0 heterocycles. The first-order valence-corrected chi connectivity index (χ1v) is 6.91. The maximum absolute atomic E-state index is 11.8. The van der Waals surface area contributed by atoms with Crippen molar-refractivity contribution in [1.82, 2.24) is 10.2 Å². The van der Waals surface area contributed by atoms with Crippen LogP contribution in [-0.2, 0) is 4.79 Å². The molecular weight excluding hydrogens is 250 g/mol. The Morgan fingerprint density at radius 1 is 1.30 bits per heavy atom. The van der Waals surface area contributed by atoms with Crippen LogP contribution in [0.1, 0.15) is 6.92 Å². The third-order valence-electron chi connectivity index (χ3n) is 3.45. The SMILES string of the molecule is C=CCNC(=O)C(C)N(C)CCN(C)c1ccccc1. The highest BCUT2D eigenvalue weighted by Gasteiger charge is 2.17. The zero-order valence-corrected chi connectivity index (χ0v) is 12.7. The van der Waals surface area contributed by atoms with Crippen molar-refractivity contribution >= 4 is 11.6 Å². The average molecular weight is 275 g/mol. The molecule has 0 aliphatic rings. The predicted molar refractivity (Wildman–Crippen MR) is 85.0 cm³/mol. The number of benzene rings is 1. The van der Waals surface area contributed by atoms with E-state index in [0.29, 0.717) is 6.54 Å². The van der Waals surface area contributed by atoms with Crippen molar-refractivity contribution in [3.63, 3.8) is 0 Å². The van der Waals surface area contributed by atoms with Gasteiger partial charge in [-0.25, -0.2) is 0 Å². The molecule has 4 heteroatoms. The van der Waals surface area contributed by atoms with Crippen LogP contribution in [0.5, 0.6) is 0 Å². The minimum absolute atomic E-state index is 0.0368. The molecule has 20 heavy (non-hydrogen) atoms. The molecule has 1 rings (SSSR count). The molecule has 0 aliphatic heterocycles. The lowest BCUT2D eigenvalue weighted by Crippen LogP contribution is -2.45. The topological polar surface area (TPSA) is 35.6 Å². The maximum Gasteiger partial charge on any atom is 0.237 e. The fraction of sp³-hybridized carbons (Fsp3) is 0.438. The summed E-state index contributed by atoms with van der Waals surface area (Å²) in [5.74, 6) is 0.0368. The molecule has 0 radical (unpaired) electrons. The van der Waals surface area contributed by atoms with Crippen molar-refractivity contribution in [1.29, 1.82) is 0 Å². The first kappa shape index (κ1) is 16.2. The Labute approximate surface area is 122 Å². The van der Waals surface area contributed by atoms with Crippen LogP contribution in [0.4, 0.5) is 5.69 Å². The normalized spacial score (nSPS) is 12.0. The van der Waals surface area contributed by atoms with Crippen LogP contribution in [0, 0.1) is 0 Å². The Morgan fingerprint density at radius 2 is 1.95 bits per heavy atom. The lowest BCUT2D eigenvalue weighted by Gasteiger charge is -2.27. The Hall–Kier alpha value is -1.81. The van der Waals surface area contributed by atoms with Gasteiger partial charge in [0.25, 0.3) is 0 Å². The van der Waals surface area contributed by atoms with Crippen LogP contribution in [0.2, 0.25) is 0 Å². The largest absolute Gasteiger partial charge is 0.373 e. The third-order valence-corrected chi connectivity index (χ3v) is 3.45. The summed E-state index contributed by atoms with van der Waals surface area (Å²) < 4.78 is 0. The minimum Gasteiger partial charge on any atom is -0.373 e. The lowest BCUT2D eigenvalue weighted by atomic mass is 10.2. The molecule has 0 spiro atoms. The Bertz CT molecular complexity index is 419. The molecule has 1 amide bonds. The highest BCUT2D eigenvalue weighted by atomic mass is 16.2. The molecule has 0 saturated carbocycles. The quantitative estimate of drug-likeness (QED) is 0.734.